The van der Waals surface area contributed by atoms with Crippen molar-refractivity contribution >= 4 is 0 Å². The molecular weight excluding hydrogens is 162 g/mol. The van der Waals surface area contributed by atoms with Crippen LogP contribution in [0.15, 0.2) is 12.2 Å². The number of ether oxygens (including phenoxy) is 1. The Morgan fingerprint density at radius 1 is 1.46 bits per heavy atom. The third-order valence-electron chi connectivity index (χ3n) is 1.63. The highest BCUT2D eigenvalue weighted by atomic mass is 16.5. The summed E-state index contributed by atoms with van der Waals surface area (Å²) in [5, 5.41) is 0. The first-order chi connectivity index (χ1) is 6.20. The number of nitrogens with zero attached hydrogens (tertiary/aromatic N) is 1. The van der Waals surface area contributed by atoms with Crippen molar-refractivity contribution in [1.82, 2.24) is 4.90 Å². The Morgan fingerprint density at radius 3 is 2.00 bits per heavy atom. The molecular formula is C11H25NO. The minimum atomic E-state index is 0.819. The Hall–Kier alpha value is -0.340. The van der Waals surface area contributed by atoms with Crippen LogP contribution in [0.5, 0.6) is 0 Å². The summed E-state index contributed by atoms with van der Waals surface area (Å²) < 4.78 is 4.54. The summed E-state index contributed by atoms with van der Waals surface area (Å²) in [5.41, 5.74) is 1.38. The van der Waals surface area contributed by atoms with Gasteiger partial charge in [-0.1, -0.05) is 26.0 Å². The predicted octanol–water partition coefficient (Wildman–Crippen LogP) is 2.56. The number of rotatable bonds is 1. The molecule has 2 nitrogen and oxygen atoms in total. The zero-order valence-electron chi connectivity index (χ0n) is 9.89. The van der Waals surface area contributed by atoms with E-state index in [0.29, 0.717) is 0 Å². The normalized spacial score (nSPS) is 15.6. The highest BCUT2D eigenvalue weighted by Crippen LogP contribution is 2.08. The minimum absolute atomic E-state index is 0.819. The molecule has 13 heavy (non-hydrogen) atoms. The molecule has 0 atom stereocenters. The molecule has 1 rings (SSSR count). The molecule has 1 aliphatic rings. The van der Waals surface area contributed by atoms with E-state index in [1.165, 1.54) is 18.5 Å². The Labute approximate surface area is 83.6 Å². The number of likely N-dealkylation sites (N-methyl/N-ethyl adjacent to an activating group) is 1. The van der Waals surface area contributed by atoms with Crippen LogP contribution in [0.3, 0.4) is 0 Å². The van der Waals surface area contributed by atoms with Crippen LogP contribution in [0.25, 0.3) is 0 Å². The van der Waals surface area contributed by atoms with E-state index in [2.05, 4.69) is 23.3 Å². The molecule has 1 fully saturated rings. The molecule has 1 heterocycles. The third kappa shape index (κ3) is 11.7. The lowest BCUT2D eigenvalue weighted by Crippen LogP contribution is -2.11. The van der Waals surface area contributed by atoms with Crippen molar-refractivity contribution < 1.29 is 4.74 Å². The number of hydrogen-bond acceptors (Lipinski definition) is 2. The molecule has 2 heteroatoms. The fraction of sp³-hybridized carbons (Fsp3) is 0.818. The van der Waals surface area contributed by atoms with Crippen LogP contribution in [-0.2, 0) is 4.74 Å². The number of methoxy groups -OCH3 is 1. The number of likely N-dealkylation sites (tertiary alicyclic amines) is 1. The van der Waals surface area contributed by atoms with Crippen molar-refractivity contribution in [2.75, 3.05) is 33.9 Å². The van der Waals surface area contributed by atoms with Gasteiger partial charge in [-0.2, -0.15) is 0 Å². The molecule has 0 unspecified atom stereocenters. The van der Waals surface area contributed by atoms with Crippen LogP contribution in [0.1, 0.15) is 27.2 Å². The lowest BCUT2D eigenvalue weighted by Gasteiger charge is -2.01. The first-order valence-electron chi connectivity index (χ1n) is 5.04. The predicted molar refractivity (Wildman–Crippen MR) is 60.2 cm³/mol. The lowest BCUT2D eigenvalue weighted by atomic mass is 10.3. The molecule has 0 amide bonds. The average molecular weight is 187 g/mol. The van der Waals surface area contributed by atoms with Gasteiger partial charge in [0.1, 0.15) is 0 Å². The maximum absolute atomic E-state index is 4.54. The standard InChI is InChI=1S/C6H11N.C3H8O.C2H6/c1-6-3-4-7(2)5-6;1-3-4-2;1-2/h1,3-5H2,2H3;3H2,1-2H3;1-2H3. The maximum atomic E-state index is 4.54. The number of hydrogen-bond donors (Lipinski definition) is 0. The summed E-state index contributed by atoms with van der Waals surface area (Å²) in [6.07, 6.45) is 1.20. The van der Waals surface area contributed by atoms with Gasteiger partial charge in [0.15, 0.2) is 0 Å². The SMILES string of the molecule is C=C1CCN(C)C1.CC.CCOC. The largest absolute Gasteiger partial charge is 0.385 e. The summed E-state index contributed by atoms with van der Waals surface area (Å²) in [4.78, 5) is 2.28. The van der Waals surface area contributed by atoms with Gasteiger partial charge in [-0.15, -0.1) is 0 Å². The van der Waals surface area contributed by atoms with Crippen molar-refractivity contribution in [3.05, 3.63) is 12.2 Å². The van der Waals surface area contributed by atoms with Crippen molar-refractivity contribution in [2.45, 2.75) is 27.2 Å². The molecule has 1 aliphatic heterocycles. The Kier molecular flexibility index (Phi) is 13.6. The Balaban J connectivity index is 0. The van der Waals surface area contributed by atoms with Crippen molar-refractivity contribution in [1.29, 1.82) is 0 Å². The summed E-state index contributed by atoms with van der Waals surface area (Å²) in [6.45, 7) is 13.0. The van der Waals surface area contributed by atoms with Crippen LogP contribution in [0.2, 0.25) is 0 Å². The second-order valence-electron chi connectivity index (χ2n) is 2.82. The highest BCUT2D eigenvalue weighted by molar-refractivity contribution is 5.02. The molecule has 0 spiro atoms. The van der Waals surface area contributed by atoms with Gasteiger partial charge in [-0.05, 0) is 20.4 Å². The van der Waals surface area contributed by atoms with Crippen molar-refractivity contribution in [3.8, 4) is 0 Å². The van der Waals surface area contributed by atoms with Crippen LogP contribution >= 0.6 is 0 Å². The summed E-state index contributed by atoms with van der Waals surface area (Å²) in [7, 11) is 3.80. The van der Waals surface area contributed by atoms with E-state index in [1.807, 2.05) is 20.8 Å². The van der Waals surface area contributed by atoms with E-state index in [-0.39, 0.29) is 0 Å². The second-order valence-corrected chi connectivity index (χ2v) is 2.82. The monoisotopic (exact) mass is 187 g/mol. The molecule has 0 saturated carbocycles. The fourth-order valence-electron chi connectivity index (χ4n) is 0.889. The lowest BCUT2D eigenvalue weighted by molar-refractivity contribution is 0.215. The smallest absolute Gasteiger partial charge is 0.0433 e. The molecule has 80 valence electrons. The Bertz CT molecular complexity index is 111. The van der Waals surface area contributed by atoms with Gasteiger partial charge in [0.25, 0.3) is 0 Å². The van der Waals surface area contributed by atoms with E-state index < -0.39 is 0 Å². The molecule has 0 aromatic heterocycles. The van der Waals surface area contributed by atoms with Gasteiger partial charge in [0.05, 0.1) is 0 Å². The molecule has 0 aromatic rings. The van der Waals surface area contributed by atoms with Gasteiger partial charge in [0.2, 0.25) is 0 Å². The molecule has 0 aliphatic carbocycles. The van der Waals surface area contributed by atoms with E-state index in [1.54, 1.807) is 7.11 Å². The van der Waals surface area contributed by atoms with Crippen LogP contribution < -0.4 is 0 Å². The second kappa shape index (κ2) is 11.7. The molecule has 0 N–H and O–H groups in total. The fourth-order valence-corrected chi connectivity index (χ4v) is 0.889. The zero-order chi connectivity index (χ0) is 10.7. The van der Waals surface area contributed by atoms with Gasteiger partial charge in [-0.3, -0.25) is 0 Å². The summed E-state index contributed by atoms with van der Waals surface area (Å²) >= 11 is 0. The first-order valence-corrected chi connectivity index (χ1v) is 5.04. The van der Waals surface area contributed by atoms with Gasteiger partial charge in [-0.25, -0.2) is 0 Å². The quantitative estimate of drug-likeness (QED) is 0.585. The Morgan fingerprint density at radius 2 is 1.92 bits per heavy atom. The van der Waals surface area contributed by atoms with Gasteiger partial charge >= 0.3 is 0 Å². The van der Waals surface area contributed by atoms with E-state index in [9.17, 15) is 0 Å². The van der Waals surface area contributed by atoms with E-state index in [4.69, 9.17) is 0 Å². The van der Waals surface area contributed by atoms with E-state index in [0.717, 1.165) is 13.2 Å². The van der Waals surface area contributed by atoms with Crippen LogP contribution in [-0.4, -0.2) is 38.8 Å². The third-order valence-corrected chi connectivity index (χ3v) is 1.63. The molecule has 0 aromatic carbocycles. The average Bonchev–Trinajstić information content (AvgIpc) is 2.54. The van der Waals surface area contributed by atoms with Gasteiger partial charge < -0.3 is 9.64 Å². The van der Waals surface area contributed by atoms with Crippen molar-refractivity contribution in [3.63, 3.8) is 0 Å². The van der Waals surface area contributed by atoms with Gasteiger partial charge in [0, 0.05) is 26.8 Å². The van der Waals surface area contributed by atoms with E-state index >= 15 is 0 Å². The highest BCUT2D eigenvalue weighted by Gasteiger charge is 2.08. The topological polar surface area (TPSA) is 12.5 Å². The molecule has 1 saturated heterocycles. The summed E-state index contributed by atoms with van der Waals surface area (Å²) in [6, 6.07) is 0. The molecule has 0 radical (unpaired) electrons. The minimum Gasteiger partial charge on any atom is -0.385 e. The zero-order valence-corrected chi connectivity index (χ0v) is 9.89. The molecule has 0 bridgehead atoms. The maximum Gasteiger partial charge on any atom is 0.0433 e. The van der Waals surface area contributed by atoms with Crippen LogP contribution in [0, 0.1) is 0 Å². The summed E-state index contributed by atoms with van der Waals surface area (Å²) in [5.74, 6) is 0. The first kappa shape index (κ1) is 15.1. The van der Waals surface area contributed by atoms with Crippen molar-refractivity contribution in [2.24, 2.45) is 0 Å². The van der Waals surface area contributed by atoms with Crippen LogP contribution in [0.4, 0.5) is 0 Å².